The van der Waals surface area contributed by atoms with Crippen molar-refractivity contribution >= 4 is 28.9 Å². The van der Waals surface area contributed by atoms with Gasteiger partial charge in [-0.25, -0.2) is 4.79 Å². The van der Waals surface area contributed by atoms with Gasteiger partial charge in [-0.1, -0.05) is 42.5 Å². The molecule has 32 heavy (non-hydrogen) atoms. The number of hydrogen-bond donors (Lipinski definition) is 0. The summed E-state index contributed by atoms with van der Waals surface area (Å²) in [5, 5.41) is 0. The summed E-state index contributed by atoms with van der Waals surface area (Å²) < 4.78 is 10.3. The van der Waals surface area contributed by atoms with E-state index in [9.17, 15) is 9.59 Å². The summed E-state index contributed by atoms with van der Waals surface area (Å²) in [5.41, 5.74) is 2.18. The third-order valence-electron chi connectivity index (χ3n) is 5.70. The Bertz CT molecular complexity index is 1450. The van der Waals surface area contributed by atoms with E-state index in [1.807, 2.05) is 76.2 Å². The van der Waals surface area contributed by atoms with Gasteiger partial charge < -0.3 is 14.2 Å². The Morgan fingerprint density at radius 3 is 2.62 bits per heavy atom. The first kappa shape index (κ1) is 19.9. The second kappa shape index (κ2) is 7.88. The van der Waals surface area contributed by atoms with Gasteiger partial charge in [0.25, 0.3) is 5.56 Å². The summed E-state index contributed by atoms with van der Waals surface area (Å²) in [6, 6.07) is 17.9. The van der Waals surface area contributed by atoms with Crippen molar-refractivity contribution in [1.82, 2.24) is 18.7 Å². The standard InChI is InChI=1S/C24H23N5O3/c1-26-21-20(22(30)27(2)24(26)31)29-14-13-28(23(29)25-21)18-11-6-12-19(16-18)32-15-7-10-17-8-4-3-5-9-17/h3-12,16H,13-15H2,1-2H3/b10-7+. The van der Waals surface area contributed by atoms with Crippen LogP contribution in [0.5, 0.6) is 5.75 Å². The fourth-order valence-corrected chi connectivity index (χ4v) is 4.03. The number of hydrogen-bond acceptors (Lipinski definition) is 5. The van der Waals surface area contributed by atoms with Gasteiger partial charge in [-0.3, -0.25) is 13.9 Å². The summed E-state index contributed by atoms with van der Waals surface area (Å²) in [6.07, 6.45) is 4.01. The molecule has 0 spiro atoms. The highest BCUT2D eigenvalue weighted by Crippen LogP contribution is 2.33. The highest BCUT2D eigenvalue weighted by atomic mass is 16.5. The highest BCUT2D eigenvalue weighted by Gasteiger charge is 2.28. The molecule has 0 bridgehead atoms. The van der Waals surface area contributed by atoms with E-state index < -0.39 is 0 Å². The van der Waals surface area contributed by atoms with E-state index in [1.54, 1.807) is 7.05 Å². The van der Waals surface area contributed by atoms with E-state index in [-0.39, 0.29) is 11.2 Å². The summed E-state index contributed by atoms with van der Waals surface area (Å²) in [6.45, 7) is 1.75. The van der Waals surface area contributed by atoms with Gasteiger partial charge in [0, 0.05) is 38.9 Å². The second-order valence-electron chi connectivity index (χ2n) is 7.71. The molecule has 5 rings (SSSR count). The van der Waals surface area contributed by atoms with E-state index in [2.05, 4.69) is 4.98 Å². The Labute approximate surface area is 184 Å². The number of aryl methyl sites for hydroxylation is 1. The van der Waals surface area contributed by atoms with Gasteiger partial charge in [-0.15, -0.1) is 0 Å². The lowest BCUT2D eigenvalue weighted by molar-refractivity contribution is 0.363. The van der Waals surface area contributed by atoms with Crippen LogP contribution < -0.4 is 20.9 Å². The molecule has 2 aromatic heterocycles. The predicted molar refractivity (Wildman–Crippen MR) is 125 cm³/mol. The number of ether oxygens (including phenoxy) is 1. The lowest BCUT2D eigenvalue weighted by Crippen LogP contribution is -2.37. The lowest BCUT2D eigenvalue weighted by atomic mass is 10.2. The number of imidazole rings is 1. The molecule has 1 aliphatic rings. The number of fused-ring (bicyclic) bond motifs is 3. The van der Waals surface area contributed by atoms with Crippen molar-refractivity contribution in [1.29, 1.82) is 0 Å². The minimum Gasteiger partial charge on any atom is -0.489 e. The van der Waals surface area contributed by atoms with Crippen molar-refractivity contribution in [2.24, 2.45) is 14.1 Å². The summed E-state index contributed by atoms with van der Waals surface area (Å²) in [4.78, 5) is 31.7. The third kappa shape index (κ3) is 3.30. The number of rotatable bonds is 5. The van der Waals surface area contributed by atoms with E-state index in [0.717, 1.165) is 21.6 Å². The van der Waals surface area contributed by atoms with Crippen LogP contribution in [0.3, 0.4) is 0 Å². The normalized spacial score (nSPS) is 13.2. The van der Waals surface area contributed by atoms with Crippen LogP contribution >= 0.6 is 0 Å². The van der Waals surface area contributed by atoms with Gasteiger partial charge in [0.1, 0.15) is 12.4 Å². The molecule has 0 N–H and O–H groups in total. The van der Waals surface area contributed by atoms with Crippen molar-refractivity contribution in [2.45, 2.75) is 6.54 Å². The third-order valence-corrected chi connectivity index (χ3v) is 5.70. The van der Waals surface area contributed by atoms with Crippen molar-refractivity contribution < 1.29 is 4.74 Å². The average Bonchev–Trinajstić information content (AvgIpc) is 3.39. The molecule has 0 fully saturated rings. The largest absolute Gasteiger partial charge is 0.489 e. The van der Waals surface area contributed by atoms with Crippen LogP contribution in [0.4, 0.5) is 11.6 Å². The first-order valence-electron chi connectivity index (χ1n) is 10.4. The minimum atomic E-state index is -0.384. The average molecular weight is 429 g/mol. The second-order valence-corrected chi connectivity index (χ2v) is 7.71. The molecule has 0 unspecified atom stereocenters. The van der Waals surface area contributed by atoms with Gasteiger partial charge in [0.15, 0.2) is 11.2 Å². The molecule has 8 heteroatoms. The van der Waals surface area contributed by atoms with Gasteiger partial charge >= 0.3 is 5.69 Å². The summed E-state index contributed by atoms with van der Waals surface area (Å²) >= 11 is 0. The topological polar surface area (TPSA) is 74.3 Å². The zero-order valence-electron chi connectivity index (χ0n) is 17.9. The number of anilines is 2. The number of benzene rings is 2. The predicted octanol–water partition coefficient (Wildman–Crippen LogP) is 2.68. The quantitative estimate of drug-likeness (QED) is 0.488. The first-order chi connectivity index (χ1) is 15.5. The molecule has 8 nitrogen and oxygen atoms in total. The molecule has 0 saturated heterocycles. The van der Waals surface area contributed by atoms with Crippen molar-refractivity contribution in [3.05, 3.63) is 87.1 Å². The van der Waals surface area contributed by atoms with Gasteiger partial charge in [0.2, 0.25) is 5.95 Å². The van der Waals surface area contributed by atoms with E-state index in [0.29, 0.717) is 36.8 Å². The summed E-state index contributed by atoms with van der Waals surface area (Å²) in [7, 11) is 3.12. The molecule has 0 aliphatic carbocycles. The monoisotopic (exact) mass is 429 g/mol. The molecule has 0 atom stereocenters. The maximum absolute atomic E-state index is 12.7. The zero-order chi connectivity index (χ0) is 22.2. The minimum absolute atomic E-state index is 0.328. The molecule has 162 valence electrons. The summed E-state index contributed by atoms with van der Waals surface area (Å²) in [5.74, 6) is 1.40. The van der Waals surface area contributed by atoms with Crippen molar-refractivity contribution in [3.63, 3.8) is 0 Å². The van der Waals surface area contributed by atoms with Gasteiger partial charge in [0.05, 0.1) is 0 Å². The molecule has 0 radical (unpaired) electrons. The lowest BCUT2D eigenvalue weighted by Gasteiger charge is -2.17. The van der Waals surface area contributed by atoms with Crippen LogP contribution in [-0.2, 0) is 20.6 Å². The molecule has 2 aromatic carbocycles. The number of nitrogens with zero attached hydrogens (tertiary/aromatic N) is 5. The maximum atomic E-state index is 12.7. The SMILES string of the molecule is Cn1c(=O)c2c(nc3n2CCN3c2cccc(OC/C=C/c3ccccc3)c2)n(C)c1=O. The Morgan fingerprint density at radius 2 is 1.81 bits per heavy atom. The van der Waals surface area contributed by atoms with Crippen LogP contribution in [0.1, 0.15) is 5.56 Å². The van der Waals surface area contributed by atoms with Crippen LogP contribution in [-0.4, -0.2) is 31.8 Å². The smallest absolute Gasteiger partial charge is 0.332 e. The van der Waals surface area contributed by atoms with Gasteiger partial charge in [-0.05, 0) is 23.8 Å². The fourth-order valence-electron chi connectivity index (χ4n) is 4.03. The molecule has 0 saturated carbocycles. The van der Waals surface area contributed by atoms with Crippen LogP contribution in [0.25, 0.3) is 17.2 Å². The number of aromatic nitrogens is 4. The molecular weight excluding hydrogens is 406 g/mol. The fraction of sp³-hybridized carbons (Fsp3) is 0.208. The molecule has 4 aromatic rings. The van der Waals surface area contributed by atoms with E-state index in [1.165, 1.54) is 11.6 Å². The molecule has 0 amide bonds. The molecule has 3 heterocycles. The van der Waals surface area contributed by atoms with E-state index in [4.69, 9.17) is 4.74 Å². The zero-order valence-corrected chi connectivity index (χ0v) is 17.9. The van der Waals surface area contributed by atoms with Crippen molar-refractivity contribution in [3.8, 4) is 5.75 Å². The Hall–Kier alpha value is -4.07. The van der Waals surface area contributed by atoms with Crippen LogP contribution in [0.15, 0.2) is 70.3 Å². The van der Waals surface area contributed by atoms with Gasteiger partial charge in [-0.2, -0.15) is 4.98 Å². The first-order valence-corrected chi connectivity index (χ1v) is 10.4. The Morgan fingerprint density at radius 1 is 1.00 bits per heavy atom. The maximum Gasteiger partial charge on any atom is 0.332 e. The molecule has 1 aliphatic heterocycles. The highest BCUT2D eigenvalue weighted by molar-refractivity contribution is 5.78. The van der Waals surface area contributed by atoms with Crippen molar-refractivity contribution in [2.75, 3.05) is 18.1 Å². The Kier molecular flexibility index (Phi) is 4.89. The molecular formula is C24H23N5O3. The van der Waals surface area contributed by atoms with E-state index >= 15 is 0 Å². The Balaban J connectivity index is 1.41. The van der Waals surface area contributed by atoms with Crippen LogP contribution in [0.2, 0.25) is 0 Å². The van der Waals surface area contributed by atoms with Crippen LogP contribution in [0, 0.1) is 0 Å².